The van der Waals surface area contributed by atoms with Crippen molar-refractivity contribution in [2.45, 2.75) is 12.8 Å². The van der Waals surface area contributed by atoms with Gasteiger partial charge in [-0.15, -0.1) is 17.1 Å². The van der Waals surface area contributed by atoms with Crippen molar-refractivity contribution in [2.24, 2.45) is 0 Å². The van der Waals surface area contributed by atoms with Crippen LogP contribution in [0.1, 0.15) is 23.4 Å². The Bertz CT molecular complexity index is 3080. The van der Waals surface area contributed by atoms with E-state index in [2.05, 4.69) is 101 Å². The van der Waals surface area contributed by atoms with Gasteiger partial charge in [-0.25, -0.2) is 19.9 Å². The van der Waals surface area contributed by atoms with Crippen molar-refractivity contribution >= 4 is 60.2 Å². The van der Waals surface area contributed by atoms with Crippen LogP contribution in [0.25, 0.3) is 88.8 Å². The molecule has 3 aromatic heterocycles. The maximum atomic E-state index is 5.20. The Labute approximate surface area is 308 Å². The summed E-state index contributed by atoms with van der Waals surface area (Å²) in [6, 6.07) is 48.5. The second-order valence-electron chi connectivity index (χ2n) is 13.5. The fraction of sp³-hybridized carbons (Fsp3) is 0.0426. The molecule has 0 fully saturated rings. The molecule has 0 unspecified atom stereocenters. The van der Waals surface area contributed by atoms with E-state index in [1.54, 1.807) is 11.3 Å². The summed E-state index contributed by atoms with van der Waals surface area (Å²) >= 11 is 1.75. The first-order valence-electron chi connectivity index (χ1n) is 17.9. The van der Waals surface area contributed by atoms with E-state index in [9.17, 15) is 0 Å². The van der Waals surface area contributed by atoms with Crippen LogP contribution >= 0.6 is 11.3 Å². The molecule has 248 valence electrons. The average molecular weight is 696 g/mol. The number of rotatable bonds is 6. The van der Waals surface area contributed by atoms with E-state index in [4.69, 9.17) is 19.9 Å². The fourth-order valence-corrected chi connectivity index (χ4v) is 8.56. The summed E-state index contributed by atoms with van der Waals surface area (Å²) in [6.07, 6.45) is 6.64. The monoisotopic (exact) mass is 695 g/mol. The number of allylic oxidation sites excluding steroid dienone is 4. The predicted molar refractivity (Wildman–Crippen MR) is 217 cm³/mol. The third-order valence-corrected chi connectivity index (χ3v) is 11.3. The van der Waals surface area contributed by atoms with Crippen molar-refractivity contribution in [3.05, 3.63) is 173 Å². The average Bonchev–Trinajstić information content (AvgIpc) is 3.78. The molecule has 2 aliphatic rings. The topological polar surface area (TPSA) is 56.5 Å². The minimum absolute atomic E-state index is 0.634. The summed E-state index contributed by atoms with van der Waals surface area (Å²) in [7, 11) is 0. The van der Waals surface area contributed by atoms with Crippen molar-refractivity contribution in [3.63, 3.8) is 0 Å². The number of benzene rings is 6. The van der Waals surface area contributed by atoms with Crippen LogP contribution in [-0.2, 0) is 0 Å². The van der Waals surface area contributed by atoms with E-state index in [1.165, 1.54) is 54.6 Å². The lowest BCUT2D eigenvalue weighted by molar-refractivity contribution is 1.05. The quantitative estimate of drug-likeness (QED) is 0.174. The smallest absolute Gasteiger partial charge is 0.164 e. The van der Waals surface area contributed by atoms with Gasteiger partial charge in [0, 0.05) is 43.6 Å². The van der Waals surface area contributed by atoms with Gasteiger partial charge in [0.05, 0.1) is 21.3 Å². The second kappa shape index (κ2) is 11.9. The highest BCUT2D eigenvalue weighted by Gasteiger charge is 2.19. The van der Waals surface area contributed by atoms with Gasteiger partial charge in [0.2, 0.25) is 0 Å². The van der Waals surface area contributed by atoms with Crippen molar-refractivity contribution < 1.29 is 0 Å². The van der Waals surface area contributed by atoms with Gasteiger partial charge in [0.1, 0.15) is 5.01 Å². The van der Waals surface area contributed by atoms with Gasteiger partial charge >= 0.3 is 0 Å². The Kier molecular flexibility index (Phi) is 6.74. The molecule has 6 heteroatoms. The molecule has 53 heavy (non-hydrogen) atoms. The Morgan fingerprint density at radius 1 is 0.585 bits per heavy atom. The Morgan fingerprint density at radius 2 is 1.25 bits per heavy atom. The molecule has 0 bridgehead atoms. The zero-order valence-corrected chi connectivity index (χ0v) is 29.3. The van der Waals surface area contributed by atoms with Gasteiger partial charge in [0.15, 0.2) is 17.5 Å². The first-order chi connectivity index (χ1) is 26.2. The molecule has 0 saturated carbocycles. The molecule has 2 aliphatic carbocycles. The Balaban J connectivity index is 0.964. The summed E-state index contributed by atoms with van der Waals surface area (Å²) in [6.45, 7) is 0. The minimum atomic E-state index is 0.634. The molecule has 0 atom stereocenters. The van der Waals surface area contributed by atoms with E-state index in [-0.39, 0.29) is 0 Å². The molecule has 0 N–H and O–H groups in total. The highest BCUT2D eigenvalue weighted by atomic mass is 32.1. The predicted octanol–water partition coefficient (Wildman–Crippen LogP) is 9.90. The molecule has 0 amide bonds. The highest BCUT2D eigenvalue weighted by Crippen LogP contribution is 2.38. The lowest BCUT2D eigenvalue weighted by atomic mass is 9.94. The summed E-state index contributed by atoms with van der Waals surface area (Å²) in [5.74, 6) is 1.94. The van der Waals surface area contributed by atoms with Gasteiger partial charge in [-0.2, -0.15) is 0 Å². The van der Waals surface area contributed by atoms with E-state index in [0.717, 1.165) is 44.8 Å². The zero-order chi connectivity index (χ0) is 34.9. The maximum absolute atomic E-state index is 5.20. The molecule has 5 nitrogen and oxygen atoms in total. The van der Waals surface area contributed by atoms with Gasteiger partial charge in [-0.1, -0.05) is 91.0 Å². The van der Waals surface area contributed by atoms with E-state index in [1.807, 2.05) is 60.7 Å². The van der Waals surface area contributed by atoms with E-state index >= 15 is 0 Å². The second-order valence-corrected chi connectivity index (χ2v) is 14.5. The van der Waals surface area contributed by atoms with Gasteiger partial charge in [0.25, 0.3) is 0 Å². The molecular formula is C47H29N5S. The highest BCUT2D eigenvalue weighted by molar-refractivity contribution is 7.19. The largest absolute Gasteiger partial charge is 0.309 e. The van der Waals surface area contributed by atoms with Crippen molar-refractivity contribution in [1.82, 2.24) is 24.5 Å². The number of thiazole rings is 1. The molecular weight excluding hydrogens is 667 g/mol. The lowest BCUT2D eigenvalue weighted by Gasteiger charge is -2.13. The lowest BCUT2D eigenvalue weighted by Crippen LogP contribution is -2.07. The van der Waals surface area contributed by atoms with Crippen LogP contribution in [-0.4, -0.2) is 24.5 Å². The summed E-state index contributed by atoms with van der Waals surface area (Å²) in [5.41, 5.74) is 14.6. The van der Waals surface area contributed by atoms with Crippen LogP contribution in [0.15, 0.2) is 152 Å². The van der Waals surface area contributed by atoms with E-state index in [0.29, 0.717) is 17.5 Å². The van der Waals surface area contributed by atoms with Gasteiger partial charge in [-0.05, 0) is 90.2 Å². The molecule has 3 heterocycles. The number of hydrogen-bond acceptors (Lipinski definition) is 5. The third kappa shape index (κ3) is 5.15. The van der Waals surface area contributed by atoms with Crippen molar-refractivity contribution in [3.8, 4) is 39.9 Å². The van der Waals surface area contributed by atoms with Crippen LogP contribution in [0.4, 0.5) is 0 Å². The van der Waals surface area contributed by atoms with Crippen molar-refractivity contribution in [2.75, 3.05) is 0 Å². The zero-order valence-electron chi connectivity index (χ0n) is 28.5. The van der Waals surface area contributed by atoms with Crippen LogP contribution in [0.5, 0.6) is 0 Å². The van der Waals surface area contributed by atoms with Crippen LogP contribution in [0.2, 0.25) is 0 Å². The molecule has 0 spiro atoms. The molecule has 0 aliphatic heterocycles. The minimum Gasteiger partial charge on any atom is -0.309 e. The first-order valence-corrected chi connectivity index (χ1v) is 18.7. The number of aromatic nitrogens is 5. The maximum Gasteiger partial charge on any atom is 0.164 e. The fourth-order valence-electron chi connectivity index (χ4n) is 7.57. The standard InChI is InChI=1S/C47H29N5S/c1-4-11-29(12-5-1)44-49-45(30-13-6-2-7-14-30)51-46(50-44)34-21-24-42-39(28-34)48-47(53-42)35-16-10-15-31(25-35)32-19-22-40-38(26-32)43-37-27-33(37)20-23-41(43)52(40)36-17-8-3-9-18-36/h1-9,11-15,17-26,28H,10,16H2. The van der Waals surface area contributed by atoms with E-state index < -0.39 is 0 Å². The number of nitrogens with zero attached hydrogens (tertiary/aromatic N) is 5. The van der Waals surface area contributed by atoms with Gasteiger partial charge < -0.3 is 4.57 Å². The number of hydrogen-bond donors (Lipinski definition) is 0. The summed E-state index contributed by atoms with van der Waals surface area (Å²) in [5, 5.41) is 6.07. The van der Waals surface area contributed by atoms with Crippen LogP contribution in [0.3, 0.4) is 0 Å². The first kappa shape index (κ1) is 30.0. The number of fused-ring (bicyclic) bond motifs is 6. The Hall–Kier alpha value is -6.72. The molecule has 11 rings (SSSR count). The van der Waals surface area contributed by atoms with Crippen LogP contribution < -0.4 is 10.4 Å². The van der Waals surface area contributed by atoms with Crippen LogP contribution in [0, 0.1) is 0 Å². The molecule has 0 saturated heterocycles. The SMILES string of the molecule is C1=c2ccc3c(c2=1)c1cc(C2=CCCC(c4nc5cc(-c6nc(-c7ccccc7)nc(-c7ccccc7)n6)ccc5s4)=C2)ccc1n3-c1ccccc1. The summed E-state index contributed by atoms with van der Waals surface area (Å²) < 4.78 is 3.52. The normalized spacial score (nSPS) is 13.4. The Morgan fingerprint density at radius 3 is 1.98 bits per heavy atom. The summed E-state index contributed by atoms with van der Waals surface area (Å²) in [4.78, 5) is 19.9. The molecule has 9 aromatic rings. The molecule has 6 aromatic carbocycles. The van der Waals surface area contributed by atoms with Crippen molar-refractivity contribution in [1.29, 1.82) is 0 Å². The third-order valence-electron chi connectivity index (χ3n) is 10.2. The number of para-hydroxylation sites is 1. The van der Waals surface area contributed by atoms with Gasteiger partial charge in [-0.3, -0.25) is 0 Å². The molecule has 0 radical (unpaired) electrons.